The number of carbonyl (C=O) groups is 1. The van der Waals surface area contributed by atoms with Gasteiger partial charge in [0.25, 0.3) is 0 Å². The molecule has 2 aliphatic rings. The van der Waals surface area contributed by atoms with Crippen LogP contribution in [0.15, 0.2) is 42.9 Å². The Labute approximate surface area is 301 Å². The number of carbonyl (C=O) groups excluding carboxylic acids is 1. The fourth-order valence-electron chi connectivity index (χ4n) is 5.23. The number of amides is 1. The Bertz CT molecular complexity index is 1360. The van der Waals surface area contributed by atoms with Gasteiger partial charge in [-0.25, -0.2) is 4.79 Å². The van der Waals surface area contributed by atoms with Gasteiger partial charge in [0, 0.05) is 32.4 Å². The molecule has 0 spiro atoms. The molecule has 2 aromatic heterocycles. The van der Waals surface area contributed by atoms with E-state index in [0.29, 0.717) is 36.8 Å². The maximum atomic E-state index is 13.9. The van der Waals surface area contributed by atoms with Crippen molar-refractivity contribution in [2.24, 2.45) is 18.9 Å². The Kier molecular flexibility index (Phi) is 13.6. The second kappa shape index (κ2) is 16.5. The van der Waals surface area contributed by atoms with Crippen LogP contribution in [0.4, 0.5) is 23.7 Å². The standard InChI is InChI=1S/C29H38F3N4O2.C3H4N3.Sr/c1-20-7-6-10-35(16-20)17-22-13-25(29(30,31)32)26(34-14-22)15-33-24-9-5-8-21(12-24)11-23-18-36(19-23)27(37)38-28(2,3)4;1-6-2-4-5-3-6;/h5,8-9,11-14,20,23,33H,6-7,10,15-19H2,1-4H3;2H,1H3;/q2*-1;+2/t20-;;/m0../s1. The average Bonchev–Trinajstić information content (AvgIpc) is 3.39. The maximum absolute atomic E-state index is 13.9. The summed E-state index contributed by atoms with van der Waals surface area (Å²) < 4.78 is 48.8. The Hall–Kier alpha value is -2.32. The number of aryl methyl sites for hydroxylation is 1. The number of hydrogen-bond acceptors (Lipinski definition) is 7. The summed E-state index contributed by atoms with van der Waals surface area (Å²) in [6.45, 7) is 11.1. The summed E-state index contributed by atoms with van der Waals surface area (Å²) in [6.07, 6.45) is 5.22. The van der Waals surface area contributed by atoms with Gasteiger partial charge in [0.15, 0.2) is 0 Å². The van der Waals surface area contributed by atoms with Gasteiger partial charge in [0.2, 0.25) is 0 Å². The SMILES string of the molecule is C[C@H]1CCCN(Cc2cnc(CNc3cccc([CH-]C4CN(C(=O)OC(C)(C)C)C4)c3)c(C(F)(F)F)c2)C1.Cn1[c-]nnc1.[Sr+2]. The van der Waals surface area contributed by atoms with Crippen LogP contribution < -0.4 is 5.32 Å². The first-order valence-corrected chi connectivity index (χ1v) is 14.9. The number of likely N-dealkylation sites (tertiary alicyclic amines) is 2. The molecule has 1 atom stereocenters. The molecule has 240 valence electrons. The van der Waals surface area contributed by atoms with Gasteiger partial charge in [-0.1, -0.05) is 13.0 Å². The first-order valence-electron chi connectivity index (χ1n) is 14.9. The molecule has 2 saturated heterocycles. The predicted octanol–water partition coefficient (Wildman–Crippen LogP) is 5.60. The number of pyridine rings is 1. The van der Waals surface area contributed by atoms with E-state index >= 15 is 0 Å². The van der Waals surface area contributed by atoms with E-state index < -0.39 is 17.3 Å². The molecule has 1 N–H and O–H groups in total. The van der Waals surface area contributed by atoms with Gasteiger partial charge in [0.05, 0.1) is 17.8 Å². The second-order valence-corrected chi connectivity index (χ2v) is 12.7. The number of halogens is 3. The molecular weight excluding hydrogens is 659 g/mol. The second-order valence-electron chi connectivity index (χ2n) is 12.7. The Morgan fingerprint density at radius 2 is 1.93 bits per heavy atom. The van der Waals surface area contributed by atoms with Crippen molar-refractivity contribution in [2.45, 2.75) is 65.4 Å². The summed E-state index contributed by atoms with van der Waals surface area (Å²) >= 11 is 0. The monoisotopic (exact) mass is 701 g/mol. The van der Waals surface area contributed by atoms with Crippen molar-refractivity contribution in [3.63, 3.8) is 0 Å². The summed E-state index contributed by atoms with van der Waals surface area (Å²) in [6, 6.07) is 8.77. The van der Waals surface area contributed by atoms with Gasteiger partial charge in [-0.3, -0.25) is 20.1 Å². The fourth-order valence-corrected chi connectivity index (χ4v) is 5.23. The predicted molar refractivity (Wildman–Crippen MR) is 167 cm³/mol. The van der Waals surface area contributed by atoms with Gasteiger partial charge in [0.1, 0.15) is 5.60 Å². The van der Waals surface area contributed by atoms with Gasteiger partial charge in [-0.05, 0) is 89.0 Å². The van der Waals surface area contributed by atoms with E-state index in [1.807, 2.05) is 52.1 Å². The molecule has 2 aliphatic heterocycles. The largest absolute Gasteiger partial charge is 2.00 e. The topological polar surface area (TPSA) is 88.4 Å². The quantitative estimate of drug-likeness (QED) is 0.254. The number of piperidine rings is 1. The Morgan fingerprint density at radius 1 is 1.18 bits per heavy atom. The molecule has 1 amide bonds. The summed E-state index contributed by atoms with van der Waals surface area (Å²) in [4.78, 5) is 20.2. The van der Waals surface area contributed by atoms with Crippen molar-refractivity contribution in [2.75, 3.05) is 31.5 Å². The molecule has 3 aromatic rings. The fraction of sp³-hybridized carbons (Fsp3) is 0.531. The third kappa shape index (κ3) is 12.1. The van der Waals surface area contributed by atoms with Crippen molar-refractivity contribution in [3.05, 3.63) is 78.0 Å². The van der Waals surface area contributed by atoms with E-state index in [9.17, 15) is 18.0 Å². The van der Waals surface area contributed by atoms with Crippen molar-refractivity contribution in [3.8, 4) is 0 Å². The molecule has 0 radical (unpaired) electrons. The zero-order valence-corrected chi connectivity index (χ0v) is 30.2. The van der Waals surface area contributed by atoms with Crippen LogP contribution >= 0.6 is 0 Å². The summed E-state index contributed by atoms with van der Waals surface area (Å²) in [5, 5.41) is 9.99. The van der Waals surface area contributed by atoms with Crippen LogP contribution in [0.5, 0.6) is 0 Å². The number of aromatic nitrogens is 4. The number of nitrogens with zero attached hydrogens (tertiary/aromatic N) is 6. The van der Waals surface area contributed by atoms with Gasteiger partial charge >= 0.3 is 57.8 Å². The molecule has 13 heteroatoms. The molecule has 9 nitrogen and oxygen atoms in total. The zero-order valence-electron chi connectivity index (χ0n) is 26.8. The van der Waals surface area contributed by atoms with E-state index in [1.165, 1.54) is 6.07 Å². The number of benzene rings is 1. The van der Waals surface area contributed by atoms with Gasteiger partial charge in [-0.2, -0.15) is 31.2 Å². The van der Waals surface area contributed by atoms with E-state index in [4.69, 9.17) is 4.74 Å². The minimum atomic E-state index is -4.48. The van der Waals surface area contributed by atoms with E-state index in [-0.39, 0.29) is 69.7 Å². The van der Waals surface area contributed by atoms with Crippen molar-refractivity contribution in [1.82, 2.24) is 29.5 Å². The van der Waals surface area contributed by atoms with E-state index in [2.05, 4.69) is 45.1 Å². The summed E-state index contributed by atoms with van der Waals surface area (Å²) in [5.74, 6) is 0.759. The van der Waals surface area contributed by atoms with Crippen LogP contribution in [0.25, 0.3) is 0 Å². The molecular formula is C32H42F3N7O2Sr. The summed E-state index contributed by atoms with van der Waals surface area (Å²) in [7, 11) is 1.82. The Balaban J connectivity index is 0.000000706. The first-order chi connectivity index (χ1) is 20.7. The van der Waals surface area contributed by atoms with Crippen LogP contribution in [0.3, 0.4) is 0 Å². The number of anilines is 1. The number of alkyl halides is 3. The minimum Gasteiger partial charge on any atom is -0.486 e. The third-order valence-electron chi connectivity index (χ3n) is 7.30. The average molecular weight is 701 g/mol. The molecule has 45 heavy (non-hydrogen) atoms. The van der Waals surface area contributed by atoms with Crippen molar-refractivity contribution in [1.29, 1.82) is 0 Å². The van der Waals surface area contributed by atoms with Crippen LogP contribution in [-0.2, 0) is 31.1 Å². The molecule has 1 aromatic carbocycles. The molecule has 0 aliphatic carbocycles. The zero-order chi connectivity index (χ0) is 31.9. The Morgan fingerprint density at radius 3 is 2.53 bits per heavy atom. The number of rotatable bonds is 7. The van der Waals surface area contributed by atoms with Crippen molar-refractivity contribution >= 4 is 57.3 Å². The summed E-state index contributed by atoms with van der Waals surface area (Å²) in [5.41, 5.74) is 1.01. The molecule has 0 bridgehead atoms. The van der Waals surface area contributed by atoms with Crippen molar-refractivity contribution < 1.29 is 22.7 Å². The van der Waals surface area contributed by atoms with E-state index in [1.54, 1.807) is 22.0 Å². The number of ether oxygens (including phenoxy) is 1. The minimum absolute atomic E-state index is 0. The van der Waals surface area contributed by atoms with Crippen LogP contribution in [0.1, 0.15) is 62.9 Å². The molecule has 0 saturated carbocycles. The molecule has 5 rings (SSSR count). The number of nitrogens with one attached hydrogen (secondary N) is 1. The van der Waals surface area contributed by atoms with Gasteiger partial charge < -0.3 is 19.5 Å². The smallest absolute Gasteiger partial charge is 0.486 e. The van der Waals surface area contributed by atoms with Gasteiger partial charge in [-0.15, -0.1) is 12.1 Å². The van der Waals surface area contributed by atoms with Crippen LogP contribution in [0.2, 0.25) is 0 Å². The first kappa shape index (κ1) is 37.1. The van der Waals surface area contributed by atoms with E-state index in [0.717, 1.165) is 31.5 Å². The third-order valence-corrected chi connectivity index (χ3v) is 7.30. The molecule has 4 heterocycles. The normalized spacial score (nSPS) is 17.3. The molecule has 0 unspecified atom stereocenters. The number of hydrogen-bond donors (Lipinski definition) is 1. The van der Waals surface area contributed by atoms with Crippen LogP contribution in [0, 0.1) is 24.6 Å². The van der Waals surface area contributed by atoms with Crippen LogP contribution in [-0.4, -0.2) is 113 Å². The maximum Gasteiger partial charge on any atom is 2.00 e. The molecule has 2 fully saturated rings.